The summed E-state index contributed by atoms with van der Waals surface area (Å²) in [5.41, 5.74) is 1.67. The fraction of sp³-hybridized carbons (Fsp3) is 0.600. The van der Waals surface area contributed by atoms with Crippen molar-refractivity contribution in [3.8, 4) is 5.75 Å². The molecule has 96 valence electrons. The Bertz CT molecular complexity index is 381. The third-order valence-corrected chi connectivity index (χ3v) is 2.74. The van der Waals surface area contributed by atoms with Crippen LogP contribution in [0.4, 0.5) is 4.39 Å². The van der Waals surface area contributed by atoms with Crippen LogP contribution in [0.15, 0.2) is 12.1 Å². The van der Waals surface area contributed by atoms with E-state index in [0.29, 0.717) is 0 Å². The number of rotatable bonds is 4. The van der Waals surface area contributed by atoms with E-state index in [1.807, 2.05) is 33.8 Å². The number of hydrogen-bond acceptors (Lipinski definition) is 1. The molecule has 0 aromatic heterocycles. The molecular weight excluding hydrogens is 215 g/mol. The second-order valence-corrected chi connectivity index (χ2v) is 5.39. The van der Waals surface area contributed by atoms with Crippen molar-refractivity contribution in [3.63, 3.8) is 0 Å². The fourth-order valence-corrected chi connectivity index (χ4v) is 1.83. The zero-order valence-electron chi connectivity index (χ0n) is 11.7. The van der Waals surface area contributed by atoms with E-state index in [9.17, 15) is 4.39 Å². The predicted octanol–water partition coefficient (Wildman–Crippen LogP) is 4.86. The largest absolute Gasteiger partial charge is 0.491 e. The molecule has 0 amide bonds. The Balaban J connectivity index is 3.26. The van der Waals surface area contributed by atoms with Crippen molar-refractivity contribution in [1.29, 1.82) is 0 Å². The molecule has 1 rings (SSSR count). The molecule has 0 saturated carbocycles. The maximum absolute atomic E-state index is 13.9. The molecule has 1 nitrogen and oxygen atoms in total. The lowest BCUT2D eigenvalue weighted by Crippen LogP contribution is -2.09. The number of benzene rings is 1. The molecule has 0 unspecified atom stereocenters. The van der Waals surface area contributed by atoms with Crippen molar-refractivity contribution >= 4 is 0 Å². The minimum Gasteiger partial charge on any atom is -0.491 e. The number of halogens is 1. The lowest BCUT2D eigenvalue weighted by Gasteiger charge is -2.19. The number of hydrogen-bond donors (Lipinski definition) is 0. The predicted molar refractivity (Wildman–Crippen MR) is 70.3 cm³/mol. The van der Waals surface area contributed by atoms with Crippen LogP contribution in [0.1, 0.15) is 64.5 Å². The summed E-state index contributed by atoms with van der Waals surface area (Å²) in [5, 5.41) is 0. The first-order chi connectivity index (χ1) is 7.82. The highest BCUT2D eigenvalue weighted by Crippen LogP contribution is 2.32. The fourth-order valence-electron chi connectivity index (χ4n) is 1.83. The maximum atomic E-state index is 13.9. The zero-order valence-corrected chi connectivity index (χ0v) is 11.7. The van der Waals surface area contributed by atoms with Crippen LogP contribution in [0.25, 0.3) is 0 Å². The molecule has 0 fully saturated rings. The lowest BCUT2D eigenvalue weighted by atomic mass is 9.95. The van der Waals surface area contributed by atoms with E-state index in [2.05, 4.69) is 13.8 Å². The first-order valence-electron chi connectivity index (χ1n) is 6.32. The van der Waals surface area contributed by atoms with Crippen LogP contribution < -0.4 is 4.74 Å². The Morgan fingerprint density at radius 2 is 1.41 bits per heavy atom. The first kappa shape index (κ1) is 14.0. The molecule has 0 atom stereocenters. The molecule has 0 radical (unpaired) electrons. The first-order valence-corrected chi connectivity index (χ1v) is 6.32. The van der Waals surface area contributed by atoms with E-state index >= 15 is 0 Å². The average Bonchev–Trinajstić information content (AvgIpc) is 2.18. The Labute approximate surface area is 104 Å². The highest BCUT2D eigenvalue weighted by Gasteiger charge is 2.16. The van der Waals surface area contributed by atoms with Gasteiger partial charge in [-0.25, -0.2) is 4.39 Å². The summed E-state index contributed by atoms with van der Waals surface area (Å²) in [6.07, 6.45) is 0.109. The van der Waals surface area contributed by atoms with Crippen LogP contribution in [0.3, 0.4) is 0 Å². The van der Waals surface area contributed by atoms with E-state index in [1.165, 1.54) is 0 Å². The van der Waals surface area contributed by atoms with Gasteiger partial charge < -0.3 is 4.74 Å². The van der Waals surface area contributed by atoms with Gasteiger partial charge in [-0.05, 0) is 48.9 Å². The summed E-state index contributed by atoms with van der Waals surface area (Å²) in [7, 11) is 0. The van der Waals surface area contributed by atoms with Gasteiger partial charge in [-0.2, -0.15) is 0 Å². The molecule has 1 aromatic carbocycles. The summed E-state index contributed by atoms with van der Waals surface area (Å²) >= 11 is 0. The Morgan fingerprint density at radius 1 is 0.882 bits per heavy atom. The van der Waals surface area contributed by atoms with Crippen molar-refractivity contribution in [2.75, 3.05) is 0 Å². The summed E-state index contributed by atoms with van der Waals surface area (Å²) < 4.78 is 19.7. The molecule has 0 spiro atoms. The van der Waals surface area contributed by atoms with Crippen molar-refractivity contribution < 1.29 is 9.13 Å². The molecule has 0 aliphatic carbocycles. The minimum atomic E-state index is -0.125. The summed E-state index contributed by atoms with van der Waals surface area (Å²) in [6.45, 7) is 12.1. The molecule has 1 aromatic rings. The number of ether oxygens (including phenoxy) is 1. The maximum Gasteiger partial charge on any atom is 0.127 e. The van der Waals surface area contributed by atoms with Gasteiger partial charge in [0, 0.05) is 0 Å². The highest BCUT2D eigenvalue weighted by atomic mass is 19.1. The molecule has 17 heavy (non-hydrogen) atoms. The van der Waals surface area contributed by atoms with E-state index in [4.69, 9.17) is 4.74 Å². The van der Waals surface area contributed by atoms with Crippen LogP contribution in [0.2, 0.25) is 0 Å². The van der Waals surface area contributed by atoms with Gasteiger partial charge in [0.05, 0.1) is 6.10 Å². The SMILES string of the molecule is CC(C)Oc1cc(C(C)C)c(F)cc1C(C)C. The van der Waals surface area contributed by atoms with Crippen LogP contribution in [0.5, 0.6) is 5.75 Å². The van der Waals surface area contributed by atoms with E-state index in [-0.39, 0.29) is 23.8 Å². The van der Waals surface area contributed by atoms with Crippen LogP contribution in [0, 0.1) is 5.82 Å². The second kappa shape index (κ2) is 5.52. The van der Waals surface area contributed by atoms with Crippen molar-refractivity contribution in [2.24, 2.45) is 0 Å². The standard InChI is InChI=1S/C15H23FO/c1-9(2)12-8-15(17-11(5)6)13(10(3)4)7-14(12)16/h7-11H,1-6H3. The zero-order chi connectivity index (χ0) is 13.2. The molecule has 0 heterocycles. The molecule has 0 bridgehead atoms. The van der Waals surface area contributed by atoms with Gasteiger partial charge in [0.1, 0.15) is 11.6 Å². The Morgan fingerprint density at radius 3 is 1.82 bits per heavy atom. The third-order valence-electron chi connectivity index (χ3n) is 2.74. The van der Waals surface area contributed by atoms with Crippen LogP contribution in [-0.2, 0) is 0 Å². The van der Waals surface area contributed by atoms with E-state index in [0.717, 1.165) is 16.9 Å². The minimum absolute atomic E-state index is 0.109. The quantitative estimate of drug-likeness (QED) is 0.728. The normalized spacial score (nSPS) is 11.6. The van der Waals surface area contributed by atoms with Crippen LogP contribution in [-0.4, -0.2) is 6.10 Å². The monoisotopic (exact) mass is 238 g/mol. The van der Waals surface area contributed by atoms with Crippen LogP contribution >= 0.6 is 0 Å². The molecule has 0 aliphatic heterocycles. The van der Waals surface area contributed by atoms with Crippen molar-refractivity contribution in [1.82, 2.24) is 0 Å². The van der Waals surface area contributed by atoms with Gasteiger partial charge in [0.25, 0.3) is 0 Å². The molecule has 2 heteroatoms. The molecule has 0 N–H and O–H groups in total. The van der Waals surface area contributed by atoms with Crippen molar-refractivity contribution in [3.05, 3.63) is 29.1 Å². The third kappa shape index (κ3) is 3.45. The van der Waals surface area contributed by atoms with Gasteiger partial charge in [-0.15, -0.1) is 0 Å². The molecular formula is C15H23FO. The van der Waals surface area contributed by atoms with Gasteiger partial charge in [-0.3, -0.25) is 0 Å². The van der Waals surface area contributed by atoms with E-state index in [1.54, 1.807) is 6.07 Å². The van der Waals surface area contributed by atoms with Gasteiger partial charge in [-0.1, -0.05) is 27.7 Å². The van der Waals surface area contributed by atoms with Crippen molar-refractivity contribution in [2.45, 2.75) is 59.5 Å². The Hall–Kier alpha value is -1.05. The van der Waals surface area contributed by atoms with E-state index < -0.39 is 0 Å². The molecule has 0 saturated heterocycles. The average molecular weight is 238 g/mol. The smallest absolute Gasteiger partial charge is 0.127 e. The van der Waals surface area contributed by atoms with Gasteiger partial charge in [0.2, 0.25) is 0 Å². The summed E-state index contributed by atoms with van der Waals surface area (Å²) in [5.74, 6) is 1.13. The molecule has 0 aliphatic rings. The second-order valence-electron chi connectivity index (χ2n) is 5.39. The Kier molecular flexibility index (Phi) is 4.55. The summed E-state index contributed by atoms with van der Waals surface area (Å²) in [6, 6.07) is 3.48. The van der Waals surface area contributed by atoms with Gasteiger partial charge >= 0.3 is 0 Å². The lowest BCUT2D eigenvalue weighted by molar-refractivity contribution is 0.238. The van der Waals surface area contributed by atoms with Gasteiger partial charge in [0.15, 0.2) is 0 Å². The summed E-state index contributed by atoms with van der Waals surface area (Å²) in [4.78, 5) is 0. The highest BCUT2D eigenvalue weighted by molar-refractivity contribution is 5.41. The topological polar surface area (TPSA) is 9.23 Å².